The Bertz CT molecular complexity index is 714. The number of methoxy groups -OCH3 is 1. The lowest BCUT2D eigenvalue weighted by Gasteiger charge is -2.19. The molecule has 1 amide bonds. The van der Waals surface area contributed by atoms with Crippen LogP contribution in [0.15, 0.2) is 30.6 Å². The average Bonchev–Trinajstić information content (AvgIpc) is 3.18. The number of anilines is 1. The minimum Gasteiger partial charge on any atom is -0.381 e. The predicted octanol–water partition coefficient (Wildman–Crippen LogP) is 2.85. The summed E-state index contributed by atoms with van der Waals surface area (Å²) in [6.07, 6.45) is 9.80. The summed E-state index contributed by atoms with van der Waals surface area (Å²) in [5.74, 6) is 2.20. The van der Waals surface area contributed by atoms with Crippen molar-refractivity contribution in [3.63, 3.8) is 0 Å². The van der Waals surface area contributed by atoms with Crippen molar-refractivity contribution in [2.24, 2.45) is 11.8 Å². The lowest BCUT2D eigenvalue weighted by molar-refractivity contribution is -0.125. The third-order valence-corrected chi connectivity index (χ3v) is 5.75. The van der Waals surface area contributed by atoms with Gasteiger partial charge in [0.05, 0.1) is 6.10 Å². The van der Waals surface area contributed by atoms with E-state index in [-0.39, 0.29) is 5.91 Å². The summed E-state index contributed by atoms with van der Waals surface area (Å²) < 4.78 is 5.47. The predicted molar refractivity (Wildman–Crippen MR) is 97.9 cm³/mol. The van der Waals surface area contributed by atoms with Crippen LogP contribution in [0, 0.1) is 11.8 Å². The molecule has 1 N–H and O–H groups in total. The Hall–Kier alpha value is -2.14. The molecule has 3 heterocycles. The van der Waals surface area contributed by atoms with E-state index >= 15 is 0 Å². The maximum atomic E-state index is 12.5. The van der Waals surface area contributed by atoms with E-state index < -0.39 is 0 Å². The summed E-state index contributed by atoms with van der Waals surface area (Å²) in [5.41, 5.74) is 3.16. The summed E-state index contributed by atoms with van der Waals surface area (Å²) in [6, 6.07) is 2.10. The number of allylic oxidation sites excluding steroid dienone is 1. The van der Waals surface area contributed by atoms with Gasteiger partial charge in [0.15, 0.2) is 0 Å². The number of likely N-dealkylation sites (tertiary alicyclic amines) is 1. The Kier molecular flexibility index (Phi) is 4.34. The SMILES string of the molecule is C=C1CCc2cc(/C=C/C(=O)N3CC4CC(OC)CC4C3)cnc2N1. The summed E-state index contributed by atoms with van der Waals surface area (Å²) in [4.78, 5) is 18.9. The fraction of sp³-hybridized carbons (Fsp3) is 0.500. The number of carbonyl (C=O) groups is 1. The van der Waals surface area contributed by atoms with Gasteiger partial charge >= 0.3 is 0 Å². The average molecular weight is 339 g/mol. The van der Waals surface area contributed by atoms with Crippen molar-refractivity contribution in [3.8, 4) is 0 Å². The van der Waals surface area contributed by atoms with Gasteiger partial charge in [-0.2, -0.15) is 0 Å². The highest BCUT2D eigenvalue weighted by Gasteiger charge is 2.41. The standard InChI is InChI=1S/C20H25N3O2/c1-13-3-5-15-7-14(10-21-20(15)22-13)4-6-19(24)23-11-16-8-18(25-2)9-17(16)12-23/h4,6-7,10,16-18H,1,3,5,8-9,11-12H2,2H3,(H,21,22)/b6-4+. The molecule has 1 saturated carbocycles. The Morgan fingerprint density at radius 1 is 1.36 bits per heavy atom. The Morgan fingerprint density at radius 2 is 2.12 bits per heavy atom. The number of nitrogens with one attached hydrogen (secondary N) is 1. The lowest BCUT2D eigenvalue weighted by atomic mass is 10.0. The molecule has 0 spiro atoms. The minimum absolute atomic E-state index is 0.104. The third kappa shape index (κ3) is 3.33. The second-order valence-electron chi connectivity index (χ2n) is 7.43. The number of ether oxygens (including phenoxy) is 1. The van der Waals surface area contributed by atoms with Crippen LogP contribution in [0.5, 0.6) is 0 Å². The fourth-order valence-electron chi connectivity index (χ4n) is 4.33. The molecule has 132 valence electrons. The number of hydrogen-bond acceptors (Lipinski definition) is 4. The van der Waals surface area contributed by atoms with Crippen molar-refractivity contribution in [1.82, 2.24) is 9.88 Å². The molecule has 4 rings (SSSR count). The number of hydrogen-bond donors (Lipinski definition) is 1. The quantitative estimate of drug-likeness (QED) is 0.861. The topological polar surface area (TPSA) is 54.5 Å². The van der Waals surface area contributed by atoms with E-state index in [1.54, 1.807) is 19.4 Å². The van der Waals surface area contributed by atoms with Crippen molar-refractivity contribution in [3.05, 3.63) is 41.7 Å². The normalized spacial score (nSPS) is 28.1. The first-order chi connectivity index (χ1) is 12.1. The molecule has 3 aliphatic rings. The number of nitrogens with zero attached hydrogens (tertiary/aromatic N) is 2. The van der Waals surface area contributed by atoms with Crippen LogP contribution < -0.4 is 5.32 Å². The molecule has 1 aliphatic carbocycles. The molecule has 2 aliphatic heterocycles. The molecule has 1 aromatic heterocycles. The van der Waals surface area contributed by atoms with Crippen LogP contribution in [-0.2, 0) is 16.0 Å². The zero-order valence-electron chi connectivity index (χ0n) is 14.7. The number of aryl methyl sites for hydroxylation is 1. The first kappa shape index (κ1) is 16.3. The van der Waals surface area contributed by atoms with Crippen LogP contribution in [-0.4, -0.2) is 42.1 Å². The van der Waals surface area contributed by atoms with Crippen LogP contribution in [0.25, 0.3) is 6.08 Å². The Morgan fingerprint density at radius 3 is 2.84 bits per heavy atom. The molecule has 0 radical (unpaired) electrons. The first-order valence-corrected chi connectivity index (χ1v) is 9.06. The molecule has 5 nitrogen and oxygen atoms in total. The van der Waals surface area contributed by atoms with Gasteiger partial charge in [-0.25, -0.2) is 4.98 Å². The second-order valence-corrected chi connectivity index (χ2v) is 7.43. The number of pyridine rings is 1. The smallest absolute Gasteiger partial charge is 0.246 e. The van der Waals surface area contributed by atoms with Gasteiger partial charge in [0.25, 0.3) is 0 Å². The maximum Gasteiger partial charge on any atom is 0.246 e. The van der Waals surface area contributed by atoms with Crippen molar-refractivity contribution in [2.75, 3.05) is 25.5 Å². The Balaban J connectivity index is 1.38. The van der Waals surface area contributed by atoms with Gasteiger partial charge in [0.2, 0.25) is 5.91 Å². The summed E-state index contributed by atoms with van der Waals surface area (Å²) >= 11 is 0. The van der Waals surface area contributed by atoms with E-state index in [1.165, 1.54) is 5.56 Å². The molecular formula is C20H25N3O2. The van der Waals surface area contributed by atoms with Crippen molar-refractivity contribution < 1.29 is 9.53 Å². The zero-order valence-corrected chi connectivity index (χ0v) is 14.7. The molecule has 5 heteroatoms. The molecule has 2 unspecified atom stereocenters. The molecule has 0 bridgehead atoms. The van der Waals surface area contributed by atoms with Gasteiger partial charge in [0, 0.05) is 38.2 Å². The van der Waals surface area contributed by atoms with Crippen molar-refractivity contribution >= 4 is 17.8 Å². The summed E-state index contributed by atoms with van der Waals surface area (Å²) in [7, 11) is 1.79. The van der Waals surface area contributed by atoms with Crippen LogP contribution in [0.4, 0.5) is 5.82 Å². The van der Waals surface area contributed by atoms with E-state index in [4.69, 9.17) is 4.74 Å². The number of fused-ring (bicyclic) bond motifs is 2. The van der Waals surface area contributed by atoms with Crippen molar-refractivity contribution in [2.45, 2.75) is 31.8 Å². The third-order valence-electron chi connectivity index (χ3n) is 5.75. The van der Waals surface area contributed by atoms with Crippen LogP contribution in [0.1, 0.15) is 30.4 Å². The summed E-state index contributed by atoms with van der Waals surface area (Å²) in [6.45, 7) is 5.68. The molecule has 2 fully saturated rings. The molecule has 0 aromatic carbocycles. The van der Waals surface area contributed by atoms with E-state index in [9.17, 15) is 4.79 Å². The van der Waals surface area contributed by atoms with Gasteiger partial charge in [-0.3, -0.25) is 4.79 Å². The maximum absolute atomic E-state index is 12.5. The summed E-state index contributed by atoms with van der Waals surface area (Å²) in [5, 5.41) is 3.21. The van der Waals surface area contributed by atoms with Crippen molar-refractivity contribution in [1.29, 1.82) is 0 Å². The van der Waals surface area contributed by atoms with Gasteiger partial charge in [-0.1, -0.05) is 6.58 Å². The number of carbonyl (C=O) groups excluding carboxylic acids is 1. The van der Waals surface area contributed by atoms with E-state index in [2.05, 4.69) is 22.9 Å². The molecule has 2 atom stereocenters. The largest absolute Gasteiger partial charge is 0.381 e. The van der Waals surface area contributed by atoms with E-state index in [0.29, 0.717) is 17.9 Å². The zero-order chi connectivity index (χ0) is 17.4. The van der Waals surface area contributed by atoms with Gasteiger partial charge in [-0.05, 0) is 60.8 Å². The lowest BCUT2D eigenvalue weighted by Crippen LogP contribution is -2.28. The number of rotatable bonds is 3. The molecule has 1 saturated heterocycles. The van der Waals surface area contributed by atoms with Gasteiger partial charge < -0.3 is 15.0 Å². The van der Waals surface area contributed by atoms with Gasteiger partial charge in [0.1, 0.15) is 5.82 Å². The fourth-order valence-corrected chi connectivity index (χ4v) is 4.33. The first-order valence-electron chi connectivity index (χ1n) is 9.06. The minimum atomic E-state index is 0.104. The highest BCUT2D eigenvalue weighted by atomic mass is 16.5. The highest BCUT2D eigenvalue weighted by molar-refractivity contribution is 5.92. The number of aromatic nitrogens is 1. The van der Waals surface area contributed by atoms with Crippen LogP contribution in [0.3, 0.4) is 0 Å². The van der Waals surface area contributed by atoms with E-state index in [0.717, 1.165) is 55.9 Å². The Labute approximate surface area is 148 Å². The van der Waals surface area contributed by atoms with E-state index in [1.807, 2.05) is 11.0 Å². The molecule has 25 heavy (non-hydrogen) atoms. The number of amides is 1. The molecule has 1 aromatic rings. The highest BCUT2D eigenvalue weighted by Crippen LogP contribution is 2.39. The second kappa shape index (κ2) is 6.64. The van der Waals surface area contributed by atoms with Crippen LogP contribution in [0.2, 0.25) is 0 Å². The van der Waals surface area contributed by atoms with Gasteiger partial charge in [-0.15, -0.1) is 0 Å². The monoisotopic (exact) mass is 339 g/mol. The van der Waals surface area contributed by atoms with Crippen LogP contribution >= 0.6 is 0 Å². The molecular weight excluding hydrogens is 314 g/mol.